The molecule has 2 heterocycles. The number of anilines is 1. The number of hydrogen-bond acceptors (Lipinski definition) is 4. The molecule has 156 valence electrons. The summed E-state index contributed by atoms with van der Waals surface area (Å²) in [7, 11) is 4.34. The van der Waals surface area contributed by atoms with E-state index in [9.17, 15) is 9.59 Å². The van der Waals surface area contributed by atoms with Crippen LogP contribution in [0.2, 0.25) is 0 Å². The van der Waals surface area contributed by atoms with Gasteiger partial charge in [0, 0.05) is 17.7 Å². The van der Waals surface area contributed by atoms with Crippen LogP contribution in [0.5, 0.6) is 0 Å². The Hall–Kier alpha value is -1.44. The smallest absolute Gasteiger partial charge is 0.341 e. The molecule has 2 aliphatic rings. The molecule has 1 aliphatic heterocycles. The summed E-state index contributed by atoms with van der Waals surface area (Å²) >= 11 is 1.57. The molecule has 0 bridgehead atoms. The Morgan fingerprint density at radius 3 is 2.68 bits per heavy atom. The summed E-state index contributed by atoms with van der Waals surface area (Å²) < 4.78 is 5.30. The second kappa shape index (κ2) is 9.37. The number of esters is 1. The molecule has 0 spiro atoms. The maximum Gasteiger partial charge on any atom is 0.341 e. The molecule has 3 rings (SSSR count). The summed E-state index contributed by atoms with van der Waals surface area (Å²) in [6.07, 6.45) is 5.26. The number of hydrogen-bond donors (Lipinski definition) is 3. The monoisotopic (exact) mass is 409 g/mol. The lowest BCUT2D eigenvalue weighted by Crippen LogP contribution is -3.18. The molecule has 1 aromatic rings. The maximum atomic E-state index is 12.8. The highest BCUT2D eigenvalue weighted by Gasteiger charge is 2.31. The minimum atomic E-state index is -0.302. The van der Waals surface area contributed by atoms with Crippen molar-refractivity contribution < 1.29 is 24.1 Å². The number of likely N-dealkylation sites (tertiary alicyclic amines) is 1. The van der Waals surface area contributed by atoms with Gasteiger partial charge in [-0.2, -0.15) is 0 Å². The van der Waals surface area contributed by atoms with E-state index in [0.29, 0.717) is 35.7 Å². The predicted octanol–water partition coefficient (Wildman–Crippen LogP) is 0.180. The van der Waals surface area contributed by atoms with Crippen molar-refractivity contribution in [3.8, 4) is 0 Å². The van der Waals surface area contributed by atoms with Crippen LogP contribution in [-0.2, 0) is 22.4 Å². The zero-order chi connectivity index (χ0) is 20.3. The van der Waals surface area contributed by atoms with Crippen molar-refractivity contribution in [2.75, 3.05) is 45.7 Å². The average molecular weight is 410 g/mol. The van der Waals surface area contributed by atoms with Crippen LogP contribution in [0.25, 0.3) is 0 Å². The number of quaternary nitrogens is 2. The first kappa shape index (κ1) is 21.3. The molecule has 7 heteroatoms. The molecule has 28 heavy (non-hydrogen) atoms. The molecule has 1 fully saturated rings. The Bertz CT molecular complexity index is 710. The fourth-order valence-corrected chi connectivity index (χ4v) is 5.84. The summed E-state index contributed by atoms with van der Waals surface area (Å²) in [6.45, 7) is 7.19. The minimum Gasteiger partial charge on any atom is -0.462 e. The number of nitrogens with one attached hydrogen (secondary N) is 3. The zero-order valence-corrected chi connectivity index (χ0v) is 18.5. The second-order valence-electron chi connectivity index (χ2n) is 8.58. The van der Waals surface area contributed by atoms with E-state index in [1.807, 2.05) is 6.92 Å². The Balaban J connectivity index is 1.70. The van der Waals surface area contributed by atoms with Crippen molar-refractivity contribution in [2.24, 2.45) is 5.92 Å². The Morgan fingerprint density at radius 1 is 1.29 bits per heavy atom. The van der Waals surface area contributed by atoms with Gasteiger partial charge < -0.3 is 19.9 Å². The third-order valence-corrected chi connectivity index (χ3v) is 7.39. The van der Waals surface area contributed by atoms with Crippen LogP contribution in [0.4, 0.5) is 5.00 Å². The number of carbonyl (C=O) groups is 2. The lowest BCUT2D eigenvalue weighted by atomic mass is 9.88. The normalized spacial score (nSPS) is 25.6. The van der Waals surface area contributed by atoms with Gasteiger partial charge in [-0.05, 0) is 37.7 Å². The van der Waals surface area contributed by atoms with Gasteiger partial charge in [-0.1, -0.05) is 6.92 Å². The topological polar surface area (TPSA) is 64.3 Å². The maximum absolute atomic E-state index is 12.8. The highest BCUT2D eigenvalue weighted by atomic mass is 32.1. The van der Waals surface area contributed by atoms with E-state index in [0.717, 1.165) is 37.7 Å². The Morgan fingerprint density at radius 2 is 2.00 bits per heavy atom. The first-order valence-electron chi connectivity index (χ1n) is 10.6. The van der Waals surface area contributed by atoms with Crippen molar-refractivity contribution in [3.05, 3.63) is 16.0 Å². The van der Waals surface area contributed by atoms with Gasteiger partial charge in [0.05, 0.1) is 45.4 Å². The number of carbonyl (C=O) groups excluding carboxylic acids is 2. The number of ether oxygens (including phenoxy) is 1. The van der Waals surface area contributed by atoms with Crippen molar-refractivity contribution in [2.45, 2.75) is 52.0 Å². The van der Waals surface area contributed by atoms with Gasteiger partial charge in [0.15, 0.2) is 6.54 Å². The summed E-state index contributed by atoms with van der Waals surface area (Å²) in [5.74, 6) is 0.303. The molecule has 3 N–H and O–H groups in total. The molecule has 0 radical (unpaired) electrons. The zero-order valence-electron chi connectivity index (χ0n) is 17.7. The number of piperidine rings is 1. The van der Waals surface area contributed by atoms with Gasteiger partial charge in [0.1, 0.15) is 5.00 Å². The lowest BCUT2D eigenvalue weighted by Gasteiger charge is -2.30. The second-order valence-corrected chi connectivity index (χ2v) is 9.68. The number of rotatable bonds is 6. The molecule has 1 saturated heterocycles. The molecule has 1 aliphatic carbocycles. The fraction of sp³-hybridized carbons (Fsp3) is 0.714. The van der Waals surface area contributed by atoms with E-state index >= 15 is 0 Å². The van der Waals surface area contributed by atoms with Crippen molar-refractivity contribution in [1.82, 2.24) is 0 Å². The third-order valence-electron chi connectivity index (χ3n) is 6.22. The molecule has 0 saturated carbocycles. The van der Waals surface area contributed by atoms with Gasteiger partial charge in [-0.3, -0.25) is 4.79 Å². The van der Waals surface area contributed by atoms with E-state index < -0.39 is 0 Å². The SMILES string of the molecule is CCOC(=O)c1c(NC(=O)C[NH+](C)C2CC[NH+](C)CC2)sc2c1CC[C@@H](C)C2. The van der Waals surface area contributed by atoms with E-state index in [1.165, 1.54) is 22.9 Å². The van der Waals surface area contributed by atoms with Crippen molar-refractivity contribution in [1.29, 1.82) is 0 Å². The van der Waals surface area contributed by atoms with E-state index in [2.05, 4.69) is 26.3 Å². The molecule has 2 atom stereocenters. The molecule has 6 nitrogen and oxygen atoms in total. The first-order chi connectivity index (χ1) is 13.4. The van der Waals surface area contributed by atoms with Crippen LogP contribution >= 0.6 is 11.3 Å². The first-order valence-corrected chi connectivity index (χ1v) is 11.5. The summed E-state index contributed by atoms with van der Waals surface area (Å²) in [6, 6.07) is 0.538. The van der Waals surface area contributed by atoms with Crippen LogP contribution in [0, 0.1) is 5.92 Å². The summed E-state index contributed by atoms with van der Waals surface area (Å²) in [5.41, 5.74) is 1.69. The highest BCUT2D eigenvalue weighted by molar-refractivity contribution is 7.17. The summed E-state index contributed by atoms with van der Waals surface area (Å²) in [5, 5.41) is 3.74. The van der Waals surface area contributed by atoms with E-state index in [4.69, 9.17) is 4.74 Å². The molecule has 0 aromatic carbocycles. The van der Waals surface area contributed by atoms with Crippen LogP contribution in [-0.4, -0.2) is 58.3 Å². The predicted molar refractivity (Wildman–Crippen MR) is 111 cm³/mol. The lowest BCUT2D eigenvalue weighted by molar-refractivity contribution is -0.935. The molecule has 1 amide bonds. The van der Waals surface area contributed by atoms with E-state index in [1.54, 1.807) is 16.2 Å². The van der Waals surface area contributed by atoms with Crippen LogP contribution in [0.15, 0.2) is 0 Å². The van der Waals surface area contributed by atoms with Crippen LogP contribution in [0.1, 0.15) is 53.9 Å². The quantitative estimate of drug-likeness (QED) is 0.588. The standard InChI is InChI=1S/C21H33N3O3S/c1-5-27-21(26)19-16-7-6-14(2)12-17(16)28-20(19)22-18(25)13-24(4)15-8-10-23(3)11-9-15/h14-15H,5-13H2,1-4H3,(H,22,25)/p+2/t14-/m1/s1. The van der Waals surface area contributed by atoms with Gasteiger partial charge in [0.25, 0.3) is 5.91 Å². The van der Waals surface area contributed by atoms with Gasteiger partial charge in [-0.15, -0.1) is 11.3 Å². The molecule has 1 aromatic heterocycles. The molecular weight excluding hydrogens is 374 g/mol. The number of fused-ring (bicyclic) bond motifs is 1. The van der Waals surface area contributed by atoms with Gasteiger partial charge >= 0.3 is 5.97 Å². The Kier molecular flexibility index (Phi) is 7.12. The average Bonchev–Trinajstić information content (AvgIpc) is 2.98. The Labute approximate surface area is 172 Å². The highest BCUT2D eigenvalue weighted by Crippen LogP contribution is 2.40. The molecular formula is C21H35N3O3S+2. The largest absolute Gasteiger partial charge is 0.462 e. The third kappa shape index (κ3) is 4.93. The summed E-state index contributed by atoms with van der Waals surface area (Å²) in [4.78, 5) is 29.4. The fourth-order valence-electron chi connectivity index (χ4n) is 4.43. The van der Waals surface area contributed by atoms with Crippen LogP contribution < -0.4 is 15.1 Å². The van der Waals surface area contributed by atoms with Gasteiger partial charge in [-0.25, -0.2) is 4.79 Å². The number of likely N-dealkylation sites (N-methyl/N-ethyl adjacent to an activating group) is 1. The van der Waals surface area contributed by atoms with Crippen molar-refractivity contribution >= 4 is 28.2 Å². The van der Waals surface area contributed by atoms with Gasteiger partial charge in [0.2, 0.25) is 0 Å². The van der Waals surface area contributed by atoms with Crippen LogP contribution in [0.3, 0.4) is 0 Å². The molecule has 1 unspecified atom stereocenters. The van der Waals surface area contributed by atoms with E-state index in [-0.39, 0.29) is 11.9 Å². The van der Waals surface area contributed by atoms with Crippen molar-refractivity contribution in [3.63, 3.8) is 0 Å². The minimum absolute atomic E-state index is 0.0130. The number of amides is 1. The number of thiophene rings is 1.